The van der Waals surface area contributed by atoms with Gasteiger partial charge in [-0.3, -0.25) is 4.90 Å². The fraction of sp³-hybridized carbons (Fsp3) is 0.571. The molecule has 108 valence electrons. The van der Waals surface area contributed by atoms with Gasteiger partial charge in [0, 0.05) is 38.3 Å². The molecule has 0 radical (unpaired) electrons. The first-order valence-corrected chi connectivity index (χ1v) is 6.80. The average molecular weight is 287 g/mol. The Labute approximate surface area is 120 Å². The minimum absolute atomic E-state index is 0.380. The molecule has 0 aromatic heterocycles. The molecule has 0 fully saturated rings. The van der Waals surface area contributed by atoms with Crippen LogP contribution in [0.2, 0.25) is 5.02 Å². The van der Waals surface area contributed by atoms with E-state index in [1.165, 1.54) is 5.56 Å². The van der Waals surface area contributed by atoms with Gasteiger partial charge in [0.2, 0.25) is 0 Å². The summed E-state index contributed by atoms with van der Waals surface area (Å²) in [5.41, 5.74) is 1.19. The van der Waals surface area contributed by atoms with Crippen molar-refractivity contribution in [1.29, 1.82) is 0 Å². The third kappa shape index (κ3) is 7.50. The van der Waals surface area contributed by atoms with E-state index in [0.717, 1.165) is 18.1 Å². The second-order valence-electron chi connectivity index (χ2n) is 4.67. The molecule has 19 heavy (non-hydrogen) atoms. The number of aliphatic hydroxyl groups excluding tert-OH is 1. The second-order valence-corrected chi connectivity index (χ2v) is 5.11. The maximum Gasteiger partial charge on any atom is 0.0791 e. The minimum Gasteiger partial charge on any atom is -0.390 e. The zero-order valence-corrected chi connectivity index (χ0v) is 12.4. The summed E-state index contributed by atoms with van der Waals surface area (Å²) in [7, 11) is 3.66. The molecule has 4 nitrogen and oxygen atoms in total. The number of aliphatic hydroxyl groups is 1. The van der Waals surface area contributed by atoms with Crippen molar-refractivity contribution in [3.63, 3.8) is 0 Å². The number of likely N-dealkylation sites (N-methyl/N-ethyl adjacent to an activating group) is 1. The summed E-state index contributed by atoms with van der Waals surface area (Å²) in [6.07, 6.45) is -0.380. The van der Waals surface area contributed by atoms with Gasteiger partial charge in [-0.15, -0.1) is 0 Å². The molecule has 5 heteroatoms. The number of nitrogens with one attached hydrogen (secondary N) is 1. The van der Waals surface area contributed by atoms with Crippen LogP contribution in [0.15, 0.2) is 24.3 Å². The summed E-state index contributed by atoms with van der Waals surface area (Å²) in [5.74, 6) is 0. The lowest BCUT2D eigenvalue weighted by Crippen LogP contribution is -2.37. The van der Waals surface area contributed by atoms with Crippen LogP contribution in [0.25, 0.3) is 0 Å². The number of rotatable bonds is 9. The molecule has 2 N–H and O–H groups in total. The molecule has 1 atom stereocenters. The van der Waals surface area contributed by atoms with Crippen molar-refractivity contribution in [2.45, 2.75) is 12.6 Å². The molecule has 1 unspecified atom stereocenters. The van der Waals surface area contributed by atoms with Crippen molar-refractivity contribution in [2.75, 3.05) is 40.4 Å². The Morgan fingerprint density at radius 3 is 2.68 bits per heavy atom. The van der Waals surface area contributed by atoms with Crippen molar-refractivity contribution in [3.05, 3.63) is 34.9 Å². The van der Waals surface area contributed by atoms with Crippen LogP contribution < -0.4 is 5.32 Å². The first-order valence-electron chi connectivity index (χ1n) is 6.42. The van der Waals surface area contributed by atoms with Gasteiger partial charge in [0.1, 0.15) is 0 Å². The molecule has 1 aromatic rings. The quantitative estimate of drug-likeness (QED) is 0.673. The number of nitrogens with zero attached hydrogens (tertiary/aromatic N) is 1. The number of methoxy groups -OCH3 is 1. The van der Waals surface area contributed by atoms with E-state index in [-0.39, 0.29) is 6.10 Å². The molecule has 1 aromatic carbocycles. The first kappa shape index (κ1) is 16.4. The van der Waals surface area contributed by atoms with E-state index in [9.17, 15) is 5.11 Å². The van der Waals surface area contributed by atoms with Gasteiger partial charge >= 0.3 is 0 Å². The number of benzene rings is 1. The van der Waals surface area contributed by atoms with E-state index in [1.807, 2.05) is 31.3 Å². The lowest BCUT2D eigenvalue weighted by Gasteiger charge is -2.21. The van der Waals surface area contributed by atoms with Crippen LogP contribution in [0.5, 0.6) is 0 Å². The molecule has 0 aliphatic heterocycles. The van der Waals surface area contributed by atoms with Gasteiger partial charge < -0.3 is 15.2 Å². The fourth-order valence-electron chi connectivity index (χ4n) is 1.83. The highest BCUT2D eigenvalue weighted by atomic mass is 35.5. The molecular weight excluding hydrogens is 264 g/mol. The maximum atomic E-state index is 9.87. The number of ether oxygens (including phenoxy) is 1. The molecule has 1 rings (SSSR count). The third-order valence-electron chi connectivity index (χ3n) is 2.75. The Balaban J connectivity index is 2.22. The molecule has 0 aliphatic rings. The summed E-state index contributed by atoms with van der Waals surface area (Å²) in [6.45, 7) is 3.42. The Hall–Kier alpha value is -0.650. The van der Waals surface area contributed by atoms with Crippen LogP contribution in [0.3, 0.4) is 0 Å². The van der Waals surface area contributed by atoms with Crippen LogP contribution in [-0.4, -0.2) is 56.5 Å². The lowest BCUT2D eigenvalue weighted by atomic mass is 10.2. The number of hydrogen-bond acceptors (Lipinski definition) is 4. The predicted octanol–water partition coefficient (Wildman–Crippen LogP) is 1.37. The summed E-state index contributed by atoms with van der Waals surface area (Å²) in [5, 5.41) is 13.8. The molecule has 0 saturated carbocycles. The summed E-state index contributed by atoms with van der Waals surface area (Å²) >= 11 is 5.84. The third-order valence-corrected chi connectivity index (χ3v) is 3.00. The molecule has 0 aliphatic carbocycles. The smallest absolute Gasteiger partial charge is 0.0791 e. The molecule has 0 bridgehead atoms. The van der Waals surface area contributed by atoms with Crippen LogP contribution in [0.1, 0.15) is 5.56 Å². The summed E-state index contributed by atoms with van der Waals surface area (Å²) in [4.78, 5) is 2.09. The summed E-state index contributed by atoms with van der Waals surface area (Å²) in [6, 6.07) is 7.77. The van der Waals surface area contributed by atoms with E-state index < -0.39 is 0 Å². The van der Waals surface area contributed by atoms with E-state index in [2.05, 4.69) is 10.2 Å². The first-order chi connectivity index (χ1) is 9.11. The van der Waals surface area contributed by atoms with Crippen molar-refractivity contribution >= 4 is 11.6 Å². The van der Waals surface area contributed by atoms with Crippen LogP contribution >= 0.6 is 11.6 Å². The van der Waals surface area contributed by atoms with E-state index in [0.29, 0.717) is 19.7 Å². The van der Waals surface area contributed by atoms with Crippen molar-refractivity contribution in [2.24, 2.45) is 0 Å². The van der Waals surface area contributed by atoms with Gasteiger partial charge in [0.25, 0.3) is 0 Å². The van der Waals surface area contributed by atoms with Gasteiger partial charge in [-0.1, -0.05) is 23.7 Å². The fourth-order valence-corrected chi connectivity index (χ4v) is 1.96. The average Bonchev–Trinajstić information content (AvgIpc) is 2.37. The monoisotopic (exact) mass is 286 g/mol. The Kier molecular flexibility index (Phi) is 8.02. The molecule has 0 saturated heterocycles. The SMILES string of the molecule is COCCNCC(O)CN(C)Cc1ccc(Cl)cc1. The zero-order valence-electron chi connectivity index (χ0n) is 11.6. The van der Waals surface area contributed by atoms with Crippen LogP contribution in [-0.2, 0) is 11.3 Å². The van der Waals surface area contributed by atoms with Crippen molar-refractivity contribution in [1.82, 2.24) is 10.2 Å². The minimum atomic E-state index is -0.380. The van der Waals surface area contributed by atoms with Crippen LogP contribution in [0.4, 0.5) is 0 Å². The molecule has 0 heterocycles. The van der Waals surface area contributed by atoms with E-state index >= 15 is 0 Å². The predicted molar refractivity (Wildman–Crippen MR) is 78.5 cm³/mol. The lowest BCUT2D eigenvalue weighted by molar-refractivity contribution is 0.117. The van der Waals surface area contributed by atoms with Gasteiger partial charge in [-0.2, -0.15) is 0 Å². The Morgan fingerprint density at radius 1 is 1.37 bits per heavy atom. The topological polar surface area (TPSA) is 44.7 Å². The molecule has 0 spiro atoms. The van der Waals surface area contributed by atoms with E-state index in [4.69, 9.17) is 16.3 Å². The number of halogens is 1. The van der Waals surface area contributed by atoms with Crippen molar-refractivity contribution < 1.29 is 9.84 Å². The maximum absolute atomic E-state index is 9.87. The Morgan fingerprint density at radius 2 is 2.05 bits per heavy atom. The zero-order chi connectivity index (χ0) is 14.1. The highest BCUT2D eigenvalue weighted by Gasteiger charge is 2.08. The van der Waals surface area contributed by atoms with Gasteiger partial charge in [-0.05, 0) is 24.7 Å². The van der Waals surface area contributed by atoms with Gasteiger partial charge in [-0.25, -0.2) is 0 Å². The number of hydrogen-bond donors (Lipinski definition) is 2. The molecular formula is C14H23ClN2O2. The highest BCUT2D eigenvalue weighted by molar-refractivity contribution is 6.30. The van der Waals surface area contributed by atoms with Gasteiger partial charge in [0.15, 0.2) is 0 Å². The van der Waals surface area contributed by atoms with Gasteiger partial charge in [0.05, 0.1) is 12.7 Å². The van der Waals surface area contributed by atoms with Crippen molar-refractivity contribution in [3.8, 4) is 0 Å². The highest BCUT2D eigenvalue weighted by Crippen LogP contribution is 2.10. The second kappa shape index (κ2) is 9.28. The largest absolute Gasteiger partial charge is 0.390 e. The normalized spacial score (nSPS) is 12.9. The Bertz CT molecular complexity index is 346. The molecule has 0 amide bonds. The van der Waals surface area contributed by atoms with Crippen LogP contribution in [0, 0.1) is 0 Å². The standard InChI is InChI=1S/C14H23ClN2O2/c1-17(10-12-3-5-13(15)6-4-12)11-14(18)9-16-7-8-19-2/h3-6,14,16,18H,7-11H2,1-2H3. The van der Waals surface area contributed by atoms with E-state index in [1.54, 1.807) is 7.11 Å². The summed E-state index contributed by atoms with van der Waals surface area (Å²) < 4.78 is 4.93.